The van der Waals surface area contributed by atoms with Crippen LogP contribution in [0.1, 0.15) is 10.5 Å². The van der Waals surface area contributed by atoms with Crippen LogP contribution in [0.15, 0.2) is 28.9 Å². The summed E-state index contributed by atoms with van der Waals surface area (Å²) < 4.78 is 24.7. The molecule has 31 heavy (non-hydrogen) atoms. The van der Waals surface area contributed by atoms with Crippen molar-refractivity contribution in [3.05, 3.63) is 35.2 Å². The second-order valence-corrected chi connectivity index (χ2v) is 9.29. The number of nitrogens with one attached hydrogen (secondary N) is 1. The number of halogens is 1. The molecule has 2 aromatic rings. The molecule has 1 aromatic carbocycles. The van der Waals surface area contributed by atoms with Gasteiger partial charge in [-0.15, -0.1) is 0 Å². The van der Waals surface area contributed by atoms with Crippen LogP contribution >= 0.6 is 11.6 Å². The van der Waals surface area contributed by atoms with Crippen LogP contribution in [0.5, 0.6) is 0 Å². The lowest BCUT2D eigenvalue weighted by Gasteiger charge is -2.37. The molecule has 12 heteroatoms. The number of rotatable bonds is 7. The molecule has 2 saturated heterocycles. The summed E-state index contributed by atoms with van der Waals surface area (Å²) in [5.74, 6) is 0.00106. The second kappa shape index (κ2) is 9.53. The summed E-state index contributed by atoms with van der Waals surface area (Å²) in [6.45, 7) is 5.08. The van der Waals surface area contributed by atoms with Crippen molar-refractivity contribution in [3.8, 4) is 0 Å². The number of hydrogen-bond acceptors (Lipinski definition) is 8. The average molecular weight is 469 g/mol. The van der Waals surface area contributed by atoms with Gasteiger partial charge in [0.15, 0.2) is 5.69 Å². The minimum atomic E-state index is -1.43. The van der Waals surface area contributed by atoms with Gasteiger partial charge in [0.05, 0.1) is 17.3 Å². The maximum absolute atomic E-state index is 12.4. The van der Waals surface area contributed by atoms with Gasteiger partial charge in [-0.3, -0.25) is 8.98 Å². The van der Waals surface area contributed by atoms with Crippen molar-refractivity contribution in [2.45, 2.75) is 0 Å². The Morgan fingerprint density at radius 2 is 2.10 bits per heavy atom. The quantitative estimate of drug-likeness (QED) is 0.626. The normalized spacial score (nSPS) is 19.2. The number of anilines is 3. The van der Waals surface area contributed by atoms with Gasteiger partial charge < -0.3 is 25.3 Å². The van der Waals surface area contributed by atoms with Gasteiger partial charge in [-0.2, -0.15) is 9.29 Å². The Balaban J connectivity index is 1.31. The van der Waals surface area contributed by atoms with Gasteiger partial charge in [-0.1, -0.05) is 11.6 Å². The molecule has 3 heterocycles. The van der Waals surface area contributed by atoms with Gasteiger partial charge in [0.25, 0.3) is 11.9 Å². The number of carbonyl (C=O) groups excluding carboxylic acids is 1. The molecule has 2 aliphatic heterocycles. The Bertz CT molecular complexity index is 959. The Kier molecular flexibility index (Phi) is 6.77. The van der Waals surface area contributed by atoms with E-state index in [0.717, 1.165) is 18.8 Å². The molecule has 3 N–H and O–H groups in total. The van der Waals surface area contributed by atoms with Gasteiger partial charge in [0, 0.05) is 50.9 Å². The molecular weight excluding hydrogens is 444 g/mol. The fourth-order valence-corrected chi connectivity index (χ4v) is 4.73. The van der Waals surface area contributed by atoms with Gasteiger partial charge in [-0.25, -0.2) is 4.21 Å². The lowest BCUT2D eigenvalue weighted by Crippen LogP contribution is -2.49. The number of aromatic nitrogens is 1. The molecule has 10 nitrogen and oxygen atoms in total. The number of nitrogens with two attached hydrogens (primary N) is 1. The van der Waals surface area contributed by atoms with E-state index in [9.17, 15) is 9.00 Å². The molecule has 168 valence electrons. The lowest BCUT2D eigenvalue weighted by molar-refractivity contribution is 0.0880. The number of likely N-dealkylation sites (tertiary alicyclic amines) is 1. The van der Waals surface area contributed by atoms with E-state index in [4.69, 9.17) is 25.9 Å². The molecule has 1 atom stereocenters. The Hall–Kier alpha value is -2.18. The highest BCUT2D eigenvalue weighted by atomic mass is 35.5. The van der Waals surface area contributed by atoms with E-state index in [0.29, 0.717) is 49.4 Å². The van der Waals surface area contributed by atoms with E-state index in [-0.39, 0.29) is 11.7 Å². The van der Waals surface area contributed by atoms with Gasteiger partial charge in [0.1, 0.15) is 6.26 Å². The first-order chi connectivity index (χ1) is 14.9. The van der Waals surface area contributed by atoms with Gasteiger partial charge in [0.2, 0.25) is 11.3 Å². The SMILES string of the molecule is CN1CC(COS(=O)N2CCN(c3ccc(Cl)c(NC(=O)c4coc(N)n4)c3)CC2)C1. The first kappa shape index (κ1) is 22.0. The first-order valence-corrected chi connectivity index (χ1v) is 11.4. The highest BCUT2D eigenvalue weighted by Gasteiger charge is 2.27. The third-order valence-corrected chi connectivity index (χ3v) is 6.77. The molecule has 1 unspecified atom stereocenters. The fourth-order valence-electron chi connectivity index (χ4n) is 3.64. The topological polar surface area (TPSA) is 117 Å². The summed E-state index contributed by atoms with van der Waals surface area (Å²) in [5, 5.41) is 3.14. The summed E-state index contributed by atoms with van der Waals surface area (Å²) >= 11 is 4.82. The smallest absolute Gasteiger partial charge is 0.292 e. The number of hydrogen-bond donors (Lipinski definition) is 2. The summed E-state index contributed by atoms with van der Waals surface area (Å²) in [7, 11) is 2.06. The minimum Gasteiger partial charge on any atom is -0.431 e. The van der Waals surface area contributed by atoms with Crippen molar-refractivity contribution in [2.75, 3.05) is 68.9 Å². The third-order valence-electron chi connectivity index (χ3n) is 5.31. The van der Waals surface area contributed by atoms with E-state index in [1.807, 2.05) is 10.4 Å². The average Bonchev–Trinajstić information content (AvgIpc) is 3.18. The van der Waals surface area contributed by atoms with Crippen LogP contribution in [0.4, 0.5) is 17.4 Å². The molecule has 1 aromatic heterocycles. The van der Waals surface area contributed by atoms with E-state index in [1.165, 1.54) is 6.26 Å². The zero-order chi connectivity index (χ0) is 22.0. The lowest BCUT2D eigenvalue weighted by atomic mass is 10.0. The molecule has 2 aliphatic rings. The fraction of sp³-hybridized carbons (Fsp3) is 0.474. The van der Waals surface area contributed by atoms with Crippen LogP contribution in [0.3, 0.4) is 0 Å². The van der Waals surface area contributed by atoms with Crippen molar-refractivity contribution in [3.63, 3.8) is 0 Å². The highest BCUT2D eigenvalue weighted by molar-refractivity contribution is 7.77. The van der Waals surface area contributed by atoms with Crippen LogP contribution < -0.4 is 16.0 Å². The standard InChI is InChI=1S/C19H25ClN6O4S/c1-24-9-13(10-24)11-30-31(28)26-6-4-25(5-7-26)14-2-3-15(20)16(8-14)22-18(27)17-12-29-19(21)23-17/h2-3,8,12-13H,4-7,9-11H2,1H3,(H2,21,23)(H,22,27). The predicted octanol–water partition coefficient (Wildman–Crippen LogP) is 1.44. The summed E-state index contributed by atoms with van der Waals surface area (Å²) in [6, 6.07) is 5.35. The molecule has 2 fully saturated rings. The largest absolute Gasteiger partial charge is 0.431 e. The summed E-state index contributed by atoms with van der Waals surface area (Å²) in [4.78, 5) is 20.5. The number of nitrogens with zero attached hydrogens (tertiary/aromatic N) is 4. The number of oxazole rings is 1. The van der Waals surface area contributed by atoms with E-state index in [1.54, 1.807) is 12.1 Å². The van der Waals surface area contributed by atoms with E-state index < -0.39 is 17.2 Å². The van der Waals surface area contributed by atoms with Crippen molar-refractivity contribution in [2.24, 2.45) is 5.92 Å². The van der Waals surface area contributed by atoms with Crippen LogP contribution in [0, 0.1) is 5.92 Å². The molecule has 0 spiro atoms. The minimum absolute atomic E-state index is 0.0728. The Morgan fingerprint density at radius 3 is 2.74 bits per heavy atom. The maximum atomic E-state index is 12.4. The number of nitrogen functional groups attached to an aromatic ring is 1. The van der Waals surface area contributed by atoms with Crippen molar-refractivity contribution >= 4 is 46.2 Å². The number of amides is 1. The third kappa shape index (κ3) is 5.36. The number of carbonyl (C=O) groups is 1. The van der Waals surface area contributed by atoms with Crippen LogP contribution in [0.2, 0.25) is 5.02 Å². The molecule has 4 rings (SSSR count). The highest BCUT2D eigenvalue weighted by Crippen LogP contribution is 2.29. The van der Waals surface area contributed by atoms with Crippen LogP contribution in [-0.4, -0.2) is 77.2 Å². The monoisotopic (exact) mass is 468 g/mol. The maximum Gasteiger partial charge on any atom is 0.292 e. The molecule has 1 amide bonds. The molecule has 0 radical (unpaired) electrons. The number of piperazine rings is 1. The van der Waals surface area contributed by atoms with E-state index in [2.05, 4.69) is 27.1 Å². The van der Waals surface area contributed by atoms with Gasteiger partial charge in [-0.05, 0) is 25.2 Å². The number of benzene rings is 1. The zero-order valence-electron chi connectivity index (χ0n) is 17.1. The Morgan fingerprint density at radius 1 is 1.35 bits per heavy atom. The molecular formula is C19H25ClN6O4S. The Labute approximate surface area is 188 Å². The second-order valence-electron chi connectivity index (χ2n) is 7.69. The van der Waals surface area contributed by atoms with Crippen LogP contribution in [0.25, 0.3) is 0 Å². The summed E-state index contributed by atoms with van der Waals surface area (Å²) in [6.07, 6.45) is 1.19. The van der Waals surface area contributed by atoms with Gasteiger partial charge >= 0.3 is 0 Å². The molecule has 0 bridgehead atoms. The van der Waals surface area contributed by atoms with Crippen LogP contribution in [-0.2, 0) is 15.4 Å². The molecule has 0 aliphatic carbocycles. The predicted molar refractivity (Wildman–Crippen MR) is 119 cm³/mol. The van der Waals surface area contributed by atoms with E-state index >= 15 is 0 Å². The summed E-state index contributed by atoms with van der Waals surface area (Å²) in [5.41, 5.74) is 6.86. The molecule has 0 saturated carbocycles. The van der Waals surface area contributed by atoms with Crippen molar-refractivity contribution < 1.29 is 17.6 Å². The van der Waals surface area contributed by atoms with Crippen molar-refractivity contribution in [1.82, 2.24) is 14.2 Å². The van der Waals surface area contributed by atoms with Crippen molar-refractivity contribution in [1.29, 1.82) is 0 Å². The zero-order valence-corrected chi connectivity index (χ0v) is 18.7. The first-order valence-electron chi connectivity index (χ1n) is 9.94.